The highest BCUT2D eigenvalue weighted by atomic mass is 19.4. The van der Waals surface area contributed by atoms with Gasteiger partial charge in [0.25, 0.3) is 11.8 Å². The number of alkyl halides is 7. The fourth-order valence-corrected chi connectivity index (χ4v) is 4.62. The lowest BCUT2D eigenvalue weighted by Crippen LogP contribution is -2.57. The van der Waals surface area contributed by atoms with E-state index in [4.69, 9.17) is 10.5 Å². The van der Waals surface area contributed by atoms with Crippen LogP contribution in [0.25, 0.3) is 16.8 Å². The summed E-state index contributed by atoms with van der Waals surface area (Å²) in [7, 11) is 1.05. The molecule has 0 radical (unpaired) electrons. The summed E-state index contributed by atoms with van der Waals surface area (Å²) in [6.45, 7) is -0.723. The molecule has 42 heavy (non-hydrogen) atoms. The standard InChI is InChI=1S/C24H22F8N6O4/c1-3-22(41,24(30,31)32)21(40)37-7-14(26)15(8-37)36-20(39)11-4-10(13(25)6-17(11)42-2)16-5-12(23(27,28)29)18-19(33)34-9-35-38(16)18/h4-6,9,14-15,41H,3,7-8H2,1-2H3,(H,36,39)(H2,33,34,35)/t14-,15+,22?/m0/s1. The Morgan fingerprint density at radius 1 is 1.17 bits per heavy atom. The van der Waals surface area contributed by atoms with E-state index in [1.165, 1.54) is 0 Å². The van der Waals surface area contributed by atoms with E-state index in [0.29, 0.717) is 21.5 Å². The van der Waals surface area contributed by atoms with Gasteiger partial charge in [-0.2, -0.15) is 31.4 Å². The van der Waals surface area contributed by atoms with Gasteiger partial charge in [-0.1, -0.05) is 6.92 Å². The first-order valence-electron chi connectivity index (χ1n) is 12.0. The molecule has 1 saturated heterocycles. The van der Waals surface area contributed by atoms with Crippen LogP contribution in [0, 0.1) is 5.82 Å². The second-order valence-corrected chi connectivity index (χ2v) is 9.40. The van der Waals surface area contributed by atoms with Gasteiger partial charge in [0.2, 0.25) is 5.60 Å². The van der Waals surface area contributed by atoms with Crippen molar-refractivity contribution in [1.29, 1.82) is 0 Å². The van der Waals surface area contributed by atoms with Crippen molar-refractivity contribution in [2.75, 3.05) is 25.9 Å². The van der Waals surface area contributed by atoms with Gasteiger partial charge in [-0.15, -0.1) is 0 Å². The van der Waals surface area contributed by atoms with E-state index in [2.05, 4.69) is 15.4 Å². The van der Waals surface area contributed by atoms with Crippen molar-refractivity contribution in [3.63, 3.8) is 0 Å². The van der Waals surface area contributed by atoms with E-state index in [-0.39, 0.29) is 0 Å². The number of fused-ring (bicyclic) bond motifs is 1. The number of nitrogens with zero attached hydrogens (tertiary/aromatic N) is 4. The third kappa shape index (κ3) is 5.14. The van der Waals surface area contributed by atoms with Crippen LogP contribution in [0.2, 0.25) is 0 Å². The Labute approximate surface area is 231 Å². The van der Waals surface area contributed by atoms with Crippen molar-refractivity contribution in [2.24, 2.45) is 0 Å². The van der Waals surface area contributed by atoms with Crippen molar-refractivity contribution in [3.05, 3.63) is 41.5 Å². The molecule has 0 aliphatic carbocycles. The number of hydrogen-bond donors (Lipinski definition) is 3. The number of nitrogen functional groups attached to an aromatic ring is 1. The molecule has 2 amide bonds. The van der Waals surface area contributed by atoms with Gasteiger partial charge in [0.15, 0.2) is 5.82 Å². The Hall–Kier alpha value is -4.22. The van der Waals surface area contributed by atoms with E-state index in [0.717, 1.165) is 26.4 Å². The number of carbonyl (C=O) groups is 2. The Morgan fingerprint density at radius 3 is 2.40 bits per heavy atom. The Kier molecular flexibility index (Phi) is 7.73. The molecule has 10 nitrogen and oxygen atoms in total. The molecule has 0 saturated carbocycles. The maximum Gasteiger partial charge on any atom is 0.426 e. The van der Waals surface area contributed by atoms with Crippen molar-refractivity contribution >= 4 is 23.1 Å². The highest BCUT2D eigenvalue weighted by molar-refractivity contribution is 5.99. The van der Waals surface area contributed by atoms with E-state index >= 15 is 4.39 Å². The molecule has 3 heterocycles. The number of anilines is 1. The zero-order valence-electron chi connectivity index (χ0n) is 21.6. The van der Waals surface area contributed by atoms with E-state index in [9.17, 15) is 45.4 Å². The summed E-state index contributed by atoms with van der Waals surface area (Å²) < 4.78 is 117. The molecule has 1 fully saturated rings. The molecule has 228 valence electrons. The predicted molar refractivity (Wildman–Crippen MR) is 128 cm³/mol. The van der Waals surface area contributed by atoms with Crippen LogP contribution >= 0.6 is 0 Å². The van der Waals surface area contributed by atoms with Crippen LogP contribution in [-0.2, 0) is 11.0 Å². The van der Waals surface area contributed by atoms with Crippen molar-refractivity contribution in [2.45, 2.75) is 43.5 Å². The minimum atomic E-state index is -5.35. The highest BCUT2D eigenvalue weighted by Crippen LogP contribution is 2.40. The maximum absolute atomic E-state index is 15.1. The zero-order chi connectivity index (χ0) is 31.4. The maximum atomic E-state index is 15.1. The molecule has 1 aromatic carbocycles. The number of aromatic nitrogens is 3. The van der Waals surface area contributed by atoms with Crippen LogP contribution in [-0.4, -0.2) is 80.6 Å². The van der Waals surface area contributed by atoms with Gasteiger partial charge < -0.3 is 25.8 Å². The summed E-state index contributed by atoms with van der Waals surface area (Å²) in [4.78, 5) is 29.5. The second-order valence-electron chi connectivity index (χ2n) is 9.40. The third-order valence-corrected chi connectivity index (χ3v) is 6.88. The average Bonchev–Trinajstić information content (AvgIpc) is 3.48. The number of hydrogen-bond acceptors (Lipinski definition) is 7. The Bertz CT molecular complexity index is 1540. The molecule has 1 unspecified atom stereocenters. The minimum Gasteiger partial charge on any atom is -0.496 e. The molecule has 2 aromatic heterocycles. The topological polar surface area (TPSA) is 135 Å². The van der Waals surface area contributed by atoms with E-state index in [1.54, 1.807) is 0 Å². The number of amides is 2. The molecule has 0 bridgehead atoms. The quantitative estimate of drug-likeness (QED) is 0.365. The lowest BCUT2D eigenvalue weighted by atomic mass is 9.98. The predicted octanol–water partition coefficient (Wildman–Crippen LogP) is 3.13. The number of ether oxygens (including phenoxy) is 1. The molecule has 18 heteroatoms. The normalized spacial score (nSPS) is 19.2. The first kappa shape index (κ1) is 30.7. The molecule has 1 aliphatic rings. The van der Waals surface area contributed by atoms with Crippen molar-refractivity contribution < 1.29 is 54.6 Å². The second kappa shape index (κ2) is 10.6. The van der Waals surface area contributed by atoms with Gasteiger partial charge in [0, 0.05) is 18.2 Å². The summed E-state index contributed by atoms with van der Waals surface area (Å²) in [5.41, 5.74) is -1.67. The number of methoxy groups -OCH3 is 1. The molecule has 0 spiro atoms. The molecule has 4 N–H and O–H groups in total. The van der Waals surface area contributed by atoms with Crippen LogP contribution in [0.1, 0.15) is 29.3 Å². The van der Waals surface area contributed by atoms with Gasteiger partial charge in [-0.25, -0.2) is 18.3 Å². The van der Waals surface area contributed by atoms with Gasteiger partial charge in [0.05, 0.1) is 36.5 Å². The van der Waals surface area contributed by atoms with Crippen LogP contribution in [0.4, 0.5) is 40.9 Å². The molecular formula is C24H22F8N6O4. The number of nitrogens with one attached hydrogen (secondary N) is 1. The molecule has 3 atom stereocenters. The Morgan fingerprint density at radius 2 is 1.83 bits per heavy atom. The van der Waals surface area contributed by atoms with E-state index < -0.39 is 107 Å². The van der Waals surface area contributed by atoms with Gasteiger partial charge >= 0.3 is 12.4 Å². The van der Waals surface area contributed by atoms with Crippen LogP contribution in [0.15, 0.2) is 24.5 Å². The highest BCUT2D eigenvalue weighted by Gasteiger charge is 2.60. The van der Waals surface area contributed by atoms with Crippen LogP contribution < -0.4 is 15.8 Å². The first-order valence-corrected chi connectivity index (χ1v) is 12.0. The number of benzene rings is 1. The lowest BCUT2D eigenvalue weighted by Gasteiger charge is -2.31. The summed E-state index contributed by atoms with van der Waals surface area (Å²) in [6, 6.07) is 0.478. The monoisotopic (exact) mass is 610 g/mol. The van der Waals surface area contributed by atoms with E-state index in [1.807, 2.05) is 0 Å². The molecular weight excluding hydrogens is 588 g/mol. The van der Waals surface area contributed by atoms with Crippen LogP contribution in [0.3, 0.4) is 0 Å². The first-order chi connectivity index (χ1) is 19.4. The smallest absolute Gasteiger partial charge is 0.426 e. The van der Waals surface area contributed by atoms with Gasteiger partial charge in [-0.3, -0.25) is 9.59 Å². The Balaban J connectivity index is 1.69. The zero-order valence-corrected chi connectivity index (χ0v) is 21.6. The summed E-state index contributed by atoms with van der Waals surface area (Å²) in [5.74, 6) is -5.08. The largest absolute Gasteiger partial charge is 0.496 e. The number of rotatable bonds is 6. The number of halogens is 8. The average molecular weight is 610 g/mol. The third-order valence-electron chi connectivity index (χ3n) is 6.88. The number of carbonyl (C=O) groups excluding carboxylic acids is 2. The fraction of sp³-hybridized carbons (Fsp3) is 0.417. The fourth-order valence-electron chi connectivity index (χ4n) is 4.62. The molecule has 1 aliphatic heterocycles. The summed E-state index contributed by atoms with van der Waals surface area (Å²) in [6.07, 6.45) is -12.6. The lowest BCUT2D eigenvalue weighted by molar-refractivity contribution is -0.256. The molecule has 3 aromatic rings. The SMILES string of the molecule is CCC(O)(C(=O)N1C[C@H](F)[C@H](NC(=O)c2cc(-c3cc(C(F)(F)F)c4c(N)ncnn34)c(F)cc2OC)C1)C(F)(F)F. The number of nitrogens with two attached hydrogens (primary N) is 1. The number of aliphatic hydroxyl groups is 1. The minimum absolute atomic E-state index is 0.412. The molecule has 4 rings (SSSR count). The van der Waals surface area contributed by atoms with Crippen molar-refractivity contribution in [3.8, 4) is 17.0 Å². The van der Waals surface area contributed by atoms with Crippen molar-refractivity contribution in [1.82, 2.24) is 24.8 Å². The summed E-state index contributed by atoms with van der Waals surface area (Å²) >= 11 is 0. The van der Waals surface area contributed by atoms with Crippen LogP contribution in [0.5, 0.6) is 5.75 Å². The number of likely N-dealkylation sites (tertiary alicyclic amines) is 1. The van der Waals surface area contributed by atoms with Gasteiger partial charge in [0.1, 0.15) is 29.6 Å². The summed E-state index contributed by atoms with van der Waals surface area (Å²) in [5, 5.41) is 15.8. The van der Waals surface area contributed by atoms with Gasteiger partial charge in [-0.05, 0) is 18.6 Å².